The van der Waals surface area contributed by atoms with E-state index in [1.165, 1.54) is 231 Å². The van der Waals surface area contributed by atoms with E-state index in [1.54, 1.807) is 5.57 Å². The second kappa shape index (κ2) is 32.0. The summed E-state index contributed by atoms with van der Waals surface area (Å²) in [6, 6.07) is 0. The van der Waals surface area contributed by atoms with Crippen molar-refractivity contribution in [2.45, 2.75) is 259 Å². The van der Waals surface area contributed by atoms with Crippen LogP contribution < -0.4 is 0 Å². The van der Waals surface area contributed by atoms with Gasteiger partial charge in [0.1, 0.15) is 0 Å². The molecule has 45 heavy (non-hydrogen) atoms. The molecule has 0 N–H and O–H groups in total. The van der Waals surface area contributed by atoms with Crippen LogP contribution >= 0.6 is 0 Å². The Labute approximate surface area is 286 Å². The summed E-state index contributed by atoms with van der Waals surface area (Å²) in [5.74, 6) is 0. The molecule has 1 aliphatic rings. The first-order chi connectivity index (χ1) is 22.2. The lowest BCUT2D eigenvalue weighted by Gasteiger charge is -2.33. The summed E-state index contributed by atoms with van der Waals surface area (Å²) >= 11 is 0. The first-order valence-electron chi connectivity index (χ1n) is 21.7. The average molecular weight is 627 g/mol. The zero-order valence-electron chi connectivity index (χ0n) is 32.1. The van der Waals surface area contributed by atoms with Crippen LogP contribution in [0.15, 0.2) is 23.3 Å². The molecule has 0 aliphatic heterocycles. The predicted octanol–water partition coefficient (Wildman–Crippen LogP) is 17.0. The van der Waals surface area contributed by atoms with E-state index in [4.69, 9.17) is 0 Å². The molecule has 0 aromatic carbocycles. The van der Waals surface area contributed by atoms with Gasteiger partial charge in [0.2, 0.25) is 0 Å². The van der Waals surface area contributed by atoms with Crippen LogP contribution in [0.2, 0.25) is 0 Å². The Kier molecular flexibility index (Phi) is 30.3. The minimum Gasteiger partial charge on any atom is -0.0740 e. The second-order valence-electron chi connectivity index (χ2n) is 15.4. The van der Waals surface area contributed by atoms with E-state index in [-0.39, 0.29) is 0 Å². The normalized spacial score (nSPS) is 14.3. The molecule has 0 heteroatoms. The summed E-state index contributed by atoms with van der Waals surface area (Å²) in [5.41, 5.74) is 4.13. The van der Waals surface area contributed by atoms with E-state index in [0.29, 0.717) is 5.41 Å². The molecule has 0 fully saturated rings. The van der Waals surface area contributed by atoms with Crippen LogP contribution in [0.25, 0.3) is 0 Å². The fourth-order valence-electron chi connectivity index (χ4n) is 8.05. The number of unbranched alkanes of at least 4 members (excludes halogenated alkanes) is 28. The standard InChI is InChI=1S/C45H86/c1-5-9-13-17-21-24-26-30-34-38-44-43(37-33-29-25-20-16-12-8-4)39-42-45(44,40-35-31-27-22-18-14-10-6-2)41-36-32-28-23-19-15-11-7-3/h39,42H,5-38,40-41H2,1-4H3. The molecule has 0 saturated carbocycles. The number of hydrogen-bond acceptors (Lipinski definition) is 0. The minimum atomic E-state index is 0.404. The van der Waals surface area contributed by atoms with Gasteiger partial charge in [-0.1, -0.05) is 238 Å². The molecule has 0 amide bonds. The Morgan fingerprint density at radius 1 is 0.333 bits per heavy atom. The highest BCUT2D eigenvalue weighted by Gasteiger charge is 2.35. The van der Waals surface area contributed by atoms with Gasteiger partial charge >= 0.3 is 0 Å². The van der Waals surface area contributed by atoms with Crippen LogP contribution in [-0.4, -0.2) is 0 Å². The van der Waals surface area contributed by atoms with Crippen LogP contribution in [0.3, 0.4) is 0 Å². The second-order valence-corrected chi connectivity index (χ2v) is 15.4. The van der Waals surface area contributed by atoms with Gasteiger partial charge in [-0.25, -0.2) is 0 Å². The zero-order chi connectivity index (χ0) is 32.5. The fraction of sp³-hybridized carbons (Fsp3) is 0.911. The van der Waals surface area contributed by atoms with Gasteiger partial charge in [0.05, 0.1) is 0 Å². The molecule has 0 atom stereocenters. The number of hydrogen-bond donors (Lipinski definition) is 0. The smallest absolute Gasteiger partial charge is 0.00997 e. The van der Waals surface area contributed by atoms with Crippen LogP contribution in [0.5, 0.6) is 0 Å². The van der Waals surface area contributed by atoms with Gasteiger partial charge in [0, 0.05) is 5.41 Å². The Morgan fingerprint density at radius 3 is 0.978 bits per heavy atom. The van der Waals surface area contributed by atoms with Gasteiger partial charge in [0.25, 0.3) is 0 Å². The fourth-order valence-corrected chi connectivity index (χ4v) is 8.05. The summed E-state index contributed by atoms with van der Waals surface area (Å²) in [6.07, 6.45) is 57.1. The Balaban J connectivity index is 2.78. The highest BCUT2D eigenvalue weighted by molar-refractivity contribution is 5.42. The van der Waals surface area contributed by atoms with Crippen molar-refractivity contribution >= 4 is 0 Å². The molecule has 0 radical (unpaired) electrons. The van der Waals surface area contributed by atoms with Gasteiger partial charge < -0.3 is 0 Å². The maximum absolute atomic E-state index is 2.77. The summed E-state index contributed by atoms with van der Waals surface area (Å²) < 4.78 is 0. The van der Waals surface area contributed by atoms with E-state index in [9.17, 15) is 0 Å². The molecule has 1 aliphatic carbocycles. The van der Waals surface area contributed by atoms with Crippen LogP contribution in [0, 0.1) is 5.41 Å². The molecule has 1 rings (SSSR count). The third-order valence-electron chi connectivity index (χ3n) is 11.1. The molecule has 0 nitrogen and oxygen atoms in total. The van der Waals surface area contributed by atoms with Crippen molar-refractivity contribution < 1.29 is 0 Å². The SMILES string of the molecule is CCCCCCCCCCCC1=C(CCCCCCCCC)C=CC1(CCCCCCCCCC)CCCCCCCCCC. The topological polar surface area (TPSA) is 0 Å². The van der Waals surface area contributed by atoms with E-state index in [1.807, 2.05) is 5.57 Å². The van der Waals surface area contributed by atoms with Crippen LogP contribution in [-0.2, 0) is 0 Å². The van der Waals surface area contributed by atoms with Crippen LogP contribution in [0.1, 0.15) is 259 Å². The molecule has 0 heterocycles. The molecule has 0 spiro atoms. The van der Waals surface area contributed by atoms with E-state index >= 15 is 0 Å². The van der Waals surface area contributed by atoms with Crippen LogP contribution in [0.4, 0.5) is 0 Å². The molecular formula is C45H86. The van der Waals surface area contributed by atoms with Crippen molar-refractivity contribution in [3.63, 3.8) is 0 Å². The molecule has 0 bridgehead atoms. The summed E-state index contributed by atoms with van der Waals surface area (Å²) in [5, 5.41) is 0. The molecule has 0 unspecified atom stereocenters. The molecule has 266 valence electrons. The van der Waals surface area contributed by atoms with Crippen molar-refractivity contribution in [3.8, 4) is 0 Å². The highest BCUT2D eigenvalue weighted by atomic mass is 14.4. The van der Waals surface area contributed by atoms with Crippen molar-refractivity contribution in [2.24, 2.45) is 5.41 Å². The molecule has 0 aromatic rings. The number of rotatable bonds is 36. The Bertz CT molecular complexity index is 646. The van der Waals surface area contributed by atoms with Gasteiger partial charge in [-0.3, -0.25) is 0 Å². The lowest BCUT2D eigenvalue weighted by molar-refractivity contribution is 0.342. The lowest BCUT2D eigenvalue weighted by Crippen LogP contribution is -2.20. The molecule has 0 aromatic heterocycles. The Morgan fingerprint density at radius 2 is 0.622 bits per heavy atom. The minimum absolute atomic E-state index is 0.404. The summed E-state index contributed by atoms with van der Waals surface area (Å²) in [7, 11) is 0. The average Bonchev–Trinajstić information content (AvgIpc) is 3.39. The van der Waals surface area contributed by atoms with E-state index < -0.39 is 0 Å². The highest BCUT2D eigenvalue weighted by Crippen LogP contribution is 2.49. The van der Waals surface area contributed by atoms with Crippen molar-refractivity contribution in [1.82, 2.24) is 0 Å². The number of allylic oxidation sites excluding steroid dienone is 4. The largest absolute Gasteiger partial charge is 0.0740 e. The van der Waals surface area contributed by atoms with Gasteiger partial charge in [-0.05, 0) is 44.1 Å². The summed E-state index contributed by atoms with van der Waals surface area (Å²) in [6.45, 7) is 9.34. The first-order valence-corrected chi connectivity index (χ1v) is 21.7. The van der Waals surface area contributed by atoms with Crippen molar-refractivity contribution in [1.29, 1.82) is 0 Å². The third kappa shape index (κ3) is 22.6. The molecule has 0 saturated heterocycles. The van der Waals surface area contributed by atoms with Gasteiger partial charge in [-0.2, -0.15) is 0 Å². The lowest BCUT2D eigenvalue weighted by atomic mass is 9.71. The van der Waals surface area contributed by atoms with Gasteiger partial charge in [-0.15, -0.1) is 0 Å². The monoisotopic (exact) mass is 627 g/mol. The Hall–Kier alpha value is -0.520. The third-order valence-corrected chi connectivity index (χ3v) is 11.1. The maximum atomic E-state index is 2.77. The zero-order valence-corrected chi connectivity index (χ0v) is 32.1. The van der Waals surface area contributed by atoms with E-state index in [2.05, 4.69) is 39.8 Å². The summed E-state index contributed by atoms with van der Waals surface area (Å²) in [4.78, 5) is 0. The molecular weight excluding hydrogens is 540 g/mol. The van der Waals surface area contributed by atoms with Gasteiger partial charge in [0.15, 0.2) is 0 Å². The van der Waals surface area contributed by atoms with E-state index in [0.717, 1.165) is 0 Å². The van der Waals surface area contributed by atoms with Crippen molar-refractivity contribution in [3.05, 3.63) is 23.3 Å². The van der Waals surface area contributed by atoms with Crippen molar-refractivity contribution in [2.75, 3.05) is 0 Å². The first kappa shape index (κ1) is 42.5. The predicted molar refractivity (Wildman–Crippen MR) is 208 cm³/mol. The maximum Gasteiger partial charge on any atom is 0.00997 e. The quantitative estimate of drug-likeness (QED) is 0.0607.